The maximum Gasteiger partial charge on any atom is 0.109 e. The molecule has 0 aliphatic rings. The molecule has 0 amide bonds. The first-order valence-corrected chi connectivity index (χ1v) is 9.84. The molecule has 0 bridgehead atoms. The molecule has 0 spiro atoms. The van der Waals surface area contributed by atoms with Crippen molar-refractivity contribution in [3.63, 3.8) is 0 Å². The first-order chi connectivity index (χ1) is 10.7. The predicted octanol–water partition coefficient (Wildman–Crippen LogP) is 6.93. The van der Waals surface area contributed by atoms with E-state index >= 15 is 0 Å². The van der Waals surface area contributed by atoms with Crippen molar-refractivity contribution < 1.29 is 0 Å². The van der Waals surface area contributed by atoms with Crippen molar-refractivity contribution in [3.05, 3.63) is 17.2 Å². The highest BCUT2D eigenvalue weighted by molar-refractivity contribution is 5.27. The Hall–Kier alpha value is -0.790. The molecule has 23 heavy (non-hydrogen) atoms. The second kappa shape index (κ2) is 8.89. The van der Waals surface area contributed by atoms with Gasteiger partial charge in [-0.15, -0.1) is 0 Å². The predicted molar refractivity (Wildman–Crippen MR) is 102 cm³/mol. The van der Waals surface area contributed by atoms with Crippen LogP contribution < -0.4 is 0 Å². The largest absolute Gasteiger partial charge is 0.345 e. The van der Waals surface area contributed by atoms with E-state index in [1.165, 1.54) is 55.7 Å². The molecule has 0 aliphatic heterocycles. The fraction of sp³-hybridized carbons (Fsp3) is 0.857. The van der Waals surface area contributed by atoms with Crippen molar-refractivity contribution in [1.29, 1.82) is 0 Å². The fourth-order valence-electron chi connectivity index (χ4n) is 3.32. The minimum Gasteiger partial charge on any atom is -0.345 e. The number of nitrogens with one attached hydrogen (secondary N) is 1. The van der Waals surface area contributed by atoms with E-state index in [-0.39, 0.29) is 5.41 Å². The van der Waals surface area contributed by atoms with Crippen molar-refractivity contribution in [2.45, 2.75) is 111 Å². The maximum absolute atomic E-state index is 5.13. The Bertz CT molecular complexity index is 456. The summed E-state index contributed by atoms with van der Waals surface area (Å²) in [5, 5.41) is 0. The third-order valence-corrected chi connectivity index (χ3v) is 5.44. The molecule has 0 saturated heterocycles. The number of nitrogens with zero attached hydrogens (tertiary/aromatic N) is 1. The van der Waals surface area contributed by atoms with Gasteiger partial charge in [0.1, 0.15) is 5.82 Å². The van der Waals surface area contributed by atoms with Crippen LogP contribution in [0.15, 0.2) is 0 Å². The van der Waals surface area contributed by atoms with Crippen molar-refractivity contribution in [2.24, 2.45) is 5.92 Å². The number of rotatable bonds is 10. The molecule has 0 saturated carbocycles. The van der Waals surface area contributed by atoms with E-state index in [9.17, 15) is 0 Å². The van der Waals surface area contributed by atoms with Crippen molar-refractivity contribution >= 4 is 0 Å². The lowest BCUT2D eigenvalue weighted by Crippen LogP contribution is -2.20. The summed E-state index contributed by atoms with van der Waals surface area (Å²) in [5.41, 5.74) is 2.89. The van der Waals surface area contributed by atoms with Gasteiger partial charge in [-0.2, -0.15) is 0 Å². The molecule has 1 rings (SSSR count). The zero-order valence-corrected chi connectivity index (χ0v) is 16.9. The van der Waals surface area contributed by atoms with E-state index in [2.05, 4.69) is 60.4 Å². The summed E-state index contributed by atoms with van der Waals surface area (Å²) in [4.78, 5) is 8.86. The van der Waals surface area contributed by atoms with Gasteiger partial charge in [-0.05, 0) is 24.7 Å². The number of aromatic nitrogens is 2. The normalized spacial score (nSPS) is 15.2. The highest BCUT2D eigenvalue weighted by atomic mass is 15.0. The molecule has 1 aromatic rings. The van der Waals surface area contributed by atoms with Crippen LogP contribution in [-0.4, -0.2) is 9.97 Å². The average molecular weight is 321 g/mol. The van der Waals surface area contributed by atoms with E-state index in [1.54, 1.807) is 0 Å². The summed E-state index contributed by atoms with van der Waals surface area (Å²) in [6.45, 7) is 18.5. The third-order valence-electron chi connectivity index (χ3n) is 5.44. The molecule has 2 nitrogen and oxygen atoms in total. The Balaban J connectivity index is 3.15. The molecule has 0 aliphatic carbocycles. The molecule has 0 radical (unpaired) electrons. The second-order valence-corrected chi connectivity index (χ2v) is 8.45. The highest BCUT2D eigenvalue weighted by Crippen LogP contribution is 2.36. The number of H-pyrrole nitrogens is 1. The molecule has 2 unspecified atom stereocenters. The van der Waals surface area contributed by atoms with Crippen LogP contribution >= 0.6 is 0 Å². The Labute approximate surface area is 144 Å². The van der Waals surface area contributed by atoms with Crippen molar-refractivity contribution in [1.82, 2.24) is 9.97 Å². The molecular formula is C21H40N2. The van der Waals surface area contributed by atoms with E-state index in [4.69, 9.17) is 4.98 Å². The smallest absolute Gasteiger partial charge is 0.109 e. The van der Waals surface area contributed by atoms with Gasteiger partial charge in [-0.25, -0.2) is 4.98 Å². The first kappa shape index (κ1) is 20.3. The summed E-state index contributed by atoms with van der Waals surface area (Å²) in [6.07, 6.45) is 7.59. The average Bonchev–Trinajstić information content (AvgIpc) is 2.92. The molecule has 2 atom stereocenters. The van der Waals surface area contributed by atoms with Gasteiger partial charge < -0.3 is 4.98 Å². The minimum atomic E-state index is 0.165. The summed E-state index contributed by atoms with van der Waals surface area (Å²) >= 11 is 0. The quantitative estimate of drug-likeness (QED) is 0.465. The lowest BCUT2D eigenvalue weighted by Gasteiger charge is -2.25. The lowest BCUT2D eigenvalue weighted by atomic mass is 9.80. The van der Waals surface area contributed by atoms with Crippen LogP contribution in [0.1, 0.15) is 123 Å². The van der Waals surface area contributed by atoms with Crippen LogP contribution in [0.3, 0.4) is 0 Å². The Morgan fingerprint density at radius 3 is 2.17 bits per heavy atom. The summed E-state index contributed by atoms with van der Waals surface area (Å²) in [5.74, 6) is 2.87. The van der Waals surface area contributed by atoms with Gasteiger partial charge in [0.25, 0.3) is 0 Å². The summed E-state index contributed by atoms with van der Waals surface area (Å²) in [7, 11) is 0. The number of imidazole rings is 1. The monoisotopic (exact) mass is 320 g/mol. The molecule has 134 valence electrons. The van der Waals surface area contributed by atoms with Gasteiger partial charge in [-0.1, -0.05) is 81.1 Å². The van der Waals surface area contributed by atoms with Gasteiger partial charge in [0.15, 0.2) is 0 Å². The molecule has 0 aromatic carbocycles. The lowest BCUT2D eigenvalue weighted by molar-refractivity contribution is 0.430. The minimum absolute atomic E-state index is 0.165. The SMILES string of the molecule is CCCCCC(C)(C)c1nc(C(C)C(C)C)[nH]c1C(C)CCC. The number of hydrogen-bond donors (Lipinski definition) is 1. The molecule has 1 aromatic heterocycles. The van der Waals surface area contributed by atoms with Crippen LogP contribution in [0.5, 0.6) is 0 Å². The summed E-state index contributed by atoms with van der Waals surface area (Å²) in [6, 6.07) is 0. The fourth-order valence-corrected chi connectivity index (χ4v) is 3.32. The standard InChI is InChI=1S/C21H40N2/c1-9-11-12-14-21(7,8)19-18(16(5)13-10-2)22-20(23-19)17(6)15(3)4/h15-17H,9-14H2,1-8H3,(H,22,23). The third kappa shape index (κ3) is 5.36. The topological polar surface area (TPSA) is 28.7 Å². The molecule has 2 heteroatoms. The van der Waals surface area contributed by atoms with Gasteiger partial charge in [0.05, 0.1) is 5.69 Å². The van der Waals surface area contributed by atoms with Crippen molar-refractivity contribution in [3.8, 4) is 0 Å². The molecular weight excluding hydrogens is 280 g/mol. The Morgan fingerprint density at radius 2 is 1.65 bits per heavy atom. The number of aromatic amines is 1. The first-order valence-electron chi connectivity index (χ1n) is 9.84. The van der Waals surface area contributed by atoms with E-state index in [1.807, 2.05) is 0 Å². The van der Waals surface area contributed by atoms with Gasteiger partial charge in [0.2, 0.25) is 0 Å². The van der Waals surface area contributed by atoms with E-state index in [0.29, 0.717) is 17.8 Å². The zero-order valence-electron chi connectivity index (χ0n) is 16.9. The van der Waals surface area contributed by atoms with Crippen molar-refractivity contribution in [2.75, 3.05) is 0 Å². The zero-order chi connectivity index (χ0) is 17.6. The van der Waals surface area contributed by atoms with Crippen LogP contribution in [0, 0.1) is 5.92 Å². The highest BCUT2D eigenvalue weighted by Gasteiger charge is 2.30. The van der Waals surface area contributed by atoms with Crippen LogP contribution in [-0.2, 0) is 5.41 Å². The van der Waals surface area contributed by atoms with E-state index in [0.717, 1.165) is 0 Å². The number of hydrogen-bond acceptors (Lipinski definition) is 1. The van der Waals surface area contributed by atoms with Gasteiger partial charge in [0, 0.05) is 17.0 Å². The second-order valence-electron chi connectivity index (χ2n) is 8.45. The van der Waals surface area contributed by atoms with Gasteiger partial charge >= 0.3 is 0 Å². The van der Waals surface area contributed by atoms with Crippen LogP contribution in [0.4, 0.5) is 0 Å². The molecule has 0 fully saturated rings. The Morgan fingerprint density at radius 1 is 1.00 bits per heavy atom. The molecule has 1 N–H and O–H groups in total. The molecule has 1 heterocycles. The summed E-state index contributed by atoms with van der Waals surface area (Å²) < 4.78 is 0. The van der Waals surface area contributed by atoms with E-state index < -0.39 is 0 Å². The van der Waals surface area contributed by atoms with Crippen LogP contribution in [0.25, 0.3) is 0 Å². The maximum atomic E-state index is 5.13. The number of unbranched alkanes of at least 4 members (excludes halogenated alkanes) is 2. The van der Waals surface area contributed by atoms with Crippen LogP contribution in [0.2, 0.25) is 0 Å². The Kier molecular flexibility index (Phi) is 7.83. The van der Waals surface area contributed by atoms with Gasteiger partial charge in [-0.3, -0.25) is 0 Å².